The van der Waals surface area contributed by atoms with Crippen LogP contribution in [0.2, 0.25) is 0 Å². The van der Waals surface area contributed by atoms with Crippen LogP contribution in [0, 0.1) is 6.92 Å². The van der Waals surface area contributed by atoms with Gasteiger partial charge in [-0.15, -0.1) is 22.7 Å². The van der Waals surface area contributed by atoms with Crippen molar-refractivity contribution in [2.24, 2.45) is 7.05 Å². The predicted octanol–water partition coefficient (Wildman–Crippen LogP) is 9.77. The molecule has 0 aliphatic rings. The van der Waals surface area contributed by atoms with Gasteiger partial charge in [-0.05, 0) is 79.2 Å². The Bertz CT molecular complexity index is 2400. The number of nitrogens with one attached hydrogen (secondary N) is 1. The Morgan fingerprint density at radius 2 is 1.37 bits per heavy atom. The van der Waals surface area contributed by atoms with Gasteiger partial charge in [-0.25, -0.2) is 9.59 Å². The highest BCUT2D eigenvalue weighted by molar-refractivity contribution is 7.30. The fourth-order valence-corrected chi connectivity index (χ4v) is 8.15. The van der Waals surface area contributed by atoms with Crippen molar-refractivity contribution in [1.82, 2.24) is 19.5 Å². The molecule has 49 heavy (non-hydrogen) atoms. The van der Waals surface area contributed by atoms with E-state index in [2.05, 4.69) is 116 Å². The van der Waals surface area contributed by atoms with Gasteiger partial charge in [0.05, 0.1) is 42.9 Å². The number of fused-ring (bicyclic) bond motifs is 3. The molecule has 0 fully saturated rings. The van der Waals surface area contributed by atoms with Crippen molar-refractivity contribution < 1.29 is 19.8 Å². The van der Waals surface area contributed by atoms with Gasteiger partial charge in [0.2, 0.25) is 0 Å². The summed E-state index contributed by atoms with van der Waals surface area (Å²) >= 11 is 3.73. The van der Waals surface area contributed by atoms with Crippen molar-refractivity contribution >= 4 is 71.4 Å². The minimum absolute atomic E-state index is 0.0986. The quantitative estimate of drug-likeness (QED) is 0.153. The maximum absolute atomic E-state index is 10.8. The lowest BCUT2D eigenvalue weighted by molar-refractivity contribution is 0.0686. The molecule has 0 saturated carbocycles. The highest BCUT2D eigenvalue weighted by Gasteiger charge is 2.21. The number of aromatic carboxylic acids is 2. The minimum Gasteiger partial charge on any atom is -0.478 e. The molecule has 0 aliphatic carbocycles. The molecule has 9 nitrogen and oxygen atoms in total. The Morgan fingerprint density at radius 3 is 2.00 bits per heavy atom. The molecule has 242 valence electrons. The third-order valence-electron chi connectivity index (χ3n) is 7.98. The number of aryl methyl sites for hydroxylation is 2. The number of carbonyl (C=O) groups is 2. The molecule has 0 aliphatic heterocycles. The topological polar surface area (TPSA) is 124 Å². The second-order valence-electron chi connectivity index (χ2n) is 11.2. The van der Waals surface area contributed by atoms with Gasteiger partial charge in [0.25, 0.3) is 0 Å². The van der Waals surface area contributed by atoms with E-state index in [1.165, 1.54) is 77.8 Å². The second kappa shape index (κ2) is 13.2. The summed E-state index contributed by atoms with van der Waals surface area (Å²) in [4.78, 5) is 36.1. The monoisotopic (exact) mass is 683 g/mol. The van der Waals surface area contributed by atoms with Crippen LogP contribution in [0.15, 0.2) is 122 Å². The van der Waals surface area contributed by atoms with Gasteiger partial charge in [-0.2, -0.15) is 0 Å². The summed E-state index contributed by atoms with van der Waals surface area (Å²) in [6.45, 7) is 2.04. The zero-order chi connectivity index (χ0) is 34.1. The van der Waals surface area contributed by atoms with Crippen LogP contribution in [-0.4, -0.2) is 41.7 Å². The molecular weight excluding hydrogens is 655 g/mol. The number of aromatic amines is 1. The average Bonchev–Trinajstić information content (AvgIpc) is 3.91. The summed E-state index contributed by atoms with van der Waals surface area (Å²) in [7, 11) is 2.17. The van der Waals surface area contributed by atoms with Crippen LogP contribution in [0.3, 0.4) is 0 Å². The van der Waals surface area contributed by atoms with Crippen molar-refractivity contribution in [3.05, 3.63) is 139 Å². The van der Waals surface area contributed by atoms with Crippen LogP contribution in [0.4, 0.5) is 16.4 Å². The Labute approximate surface area is 289 Å². The van der Waals surface area contributed by atoms with E-state index in [-0.39, 0.29) is 11.1 Å². The van der Waals surface area contributed by atoms with Gasteiger partial charge in [0.1, 0.15) is 5.00 Å². The van der Waals surface area contributed by atoms with Crippen LogP contribution in [0.5, 0.6) is 0 Å². The van der Waals surface area contributed by atoms with E-state index in [4.69, 9.17) is 10.2 Å². The fourth-order valence-electron chi connectivity index (χ4n) is 5.59. The lowest BCUT2D eigenvalue weighted by Gasteiger charge is -2.23. The standard InChI is InChI=1S/C27H21N3S2.C11H8N2O4/c1-18-15-19(13-14-28-18)24-16-22-26(31-24)27-23(29(22)2)17-25(32-27)30(20-9-5-3-6-10-20)21-11-7-4-8-12-21;14-10(15)6-1-2-12-8(3-6)9-4-7(5-13-9)11(16)17/h3-17H,1-2H3;1-5,13H,(H,14,15)(H,16,17). The molecule has 0 saturated heterocycles. The molecule has 8 aromatic rings. The maximum Gasteiger partial charge on any atom is 0.337 e. The normalized spacial score (nSPS) is 11.0. The summed E-state index contributed by atoms with van der Waals surface area (Å²) in [6.07, 6.45) is 4.58. The van der Waals surface area contributed by atoms with Crippen LogP contribution >= 0.6 is 22.7 Å². The first kappa shape index (κ1) is 31.6. The maximum atomic E-state index is 10.8. The Balaban J connectivity index is 0.000000188. The van der Waals surface area contributed by atoms with E-state index in [1.807, 2.05) is 35.8 Å². The van der Waals surface area contributed by atoms with Gasteiger partial charge in [-0.1, -0.05) is 36.4 Å². The SMILES string of the molecule is Cc1cc(-c2cc3c(s2)c2sc(N(c4ccccc4)c4ccccc4)cc2n3C)ccn1.O=C(O)c1ccnc(-c2cc(C(=O)O)c[nH]2)c1. The number of carboxylic acids is 2. The number of thiophene rings is 2. The van der Waals surface area contributed by atoms with Crippen molar-refractivity contribution in [2.75, 3.05) is 4.90 Å². The molecule has 3 N–H and O–H groups in total. The molecular formula is C38H29N5O4S2. The summed E-state index contributed by atoms with van der Waals surface area (Å²) < 4.78 is 5.02. The van der Waals surface area contributed by atoms with Crippen molar-refractivity contribution in [3.8, 4) is 21.8 Å². The summed E-state index contributed by atoms with van der Waals surface area (Å²) in [5.74, 6) is -2.11. The van der Waals surface area contributed by atoms with Gasteiger partial charge in [-0.3, -0.25) is 9.97 Å². The van der Waals surface area contributed by atoms with Crippen LogP contribution < -0.4 is 4.90 Å². The molecule has 8 rings (SSSR count). The molecule has 0 unspecified atom stereocenters. The summed E-state index contributed by atoms with van der Waals surface area (Å²) in [5.41, 5.74) is 8.23. The third kappa shape index (κ3) is 6.32. The fraction of sp³-hybridized carbons (Fsp3) is 0.0526. The number of nitrogens with zero attached hydrogens (tertiary/aromatic N) is 4. The zero-order valence-electron chi connectivity index (χ0n) is 26.4. The van der Waals surface area contributed by atoms with E-state index in [9.17, 15) is 9.59 Å². The molecule has 6 heterocycles. The highest BCUT2D eigenvalue weighted by atomic mass is 32.1. The Hall–Kier alpha value is -6.04. The largest absolute Gasteiger partial charge is 0.478 e. The number of pyridine rings is 2. The number of anilines is 3. The molecule has 0 bridgehead atoms. The molecule has 2 aromatic carbocycles. The number of benzene rings is 2. The molecule has 0 amide bonds. The number of carboxylic acid groups (broad SMARTS) is 2. The van der Waals surface area contributed by atoms with Crippen molar-refractivity contribution in [2.45, 2.75) is 6.92 Å². The van der Waals surface area contributed by atoms with Gasteiger partial charge in [0, 0.05) is 47.6 Å². The summed E-state index contributed by atoms with van der Waals surface area (Å²) in [5, 5.41) is 18.8. The van der Waals surface area contributed by atoms with Gasteiger partial charge in [0.15, 0.2) is 0 Å². The molecule has 0 radical (unpaired) electrons. The lowest BCUT2D eigenvalue weighted by atomic mass is 10.2. The molecule has 0 spiro atoms. The van der Waals surface area contributed by atoms with E-state index in [1.54, 1.807) is 0 Å². The number of H-pyrrole nitrogens is 1. The molecule has 11 heteroatoms. The average molecular weight is 684 g/mol. The number of para-hydroxylation sites is 2. The molecule has 6 aromatic heterocycles. The Kier molecular flexibility index (Phi) is 8.52. The van der Waals surface area contributed by atoms with Crippen LogP contribution in [0.1, 0.15) is 26.4 Å². The number of hydrogen-bond donors (Lipinski definition) is 3. The van der Waals surface area contributed by atoms with E-state index >= 15 is 0 Å². The van der Waals surface area contributed by atoms with E-state index < -0.39 is 11.9 Å². The van der Waals surface area contributed by atoms with Crippen LogP contribution in [-0.2, 0) is 7.05 Å². The van der Waals surface area contributed by atoms with Crippen LogP contribution in [0.25, 0.3) is 42.3 Å². The molecule has 0 atom stereocenters. The smallest absolute Gasteiger partial charge is 0.337 e. The number of hydrogen-bond acceptors (Lipinski definition) is 7. The van der Waals surface area contributed by atoms with E-state index in [0.717, 1.165) is 5.69 Å². The minimum atomic E-state index is -1.06. The van der Waals surface area contributed by atoms with Gasteiger partial charge >= 0.3 is 11.9 Å². The zero-order valence-corrected chi connectivity index (χ0v) is 28.0. The second-order valence-corrected chi connectivity index (χ2v) is 13.3. The third-order valence-corrected chi connectivity index (χ3v) is 10.4. The van der Waals surface area contributed by atoms with Gasteiger partial charge < -0.3 is 24.7 Å². The first-order chi connectivity index (χ1) is 23.8. The first-order valence-electron chi connectivity index (χ1n) is 15.2. The highest BCUT2D eigenvalue weighted by Crippen LogP contribution is 2.47. The lowest BCUT2D eigenvalue weighted by Crippen LogP contribution is -2.07. The van der Waals surface area contributed by atoms with Crippen molar-refractivity contribution in [1.29, 1.82) is 0 Å². The first-order valence-corrected chi connectivity index (χ1v) is 16.9. The van der Waals surface area contributed by atoms with Crippen molar-refractivity contribution in [3.63, 3.8) is 0 Å². The number of aromatic nitrogens is 4. The van der Waals surface area contributed by atoms with E-state index in [0.29, 0.717) is 11.4 Å². The predicted molar refractivity (Wildman–Crippen MR) is 197 cm³/mol. The number of rotatable bonds is 7. The Morgan fingerprint density at radius 1 is 0.735 bits per heavy atom. The summed E-state index contributed by atoms with van der Waals surface area (Å²) in [6, 6.07) is 34.2.